The molecule has 2 heterocycles. The van der Waals surface area contributed by atoms with Crippen LogP contribution >= 0.6 is 0 Å². The van der Waals surface area contributed by atoms with Crippen molar-refractivity contribution in [3.63, 3.8) is 0 Å². The van der Waals surface area contributed by atoms with Crippen LogP contribution in [0.2, 0.25) is 0 Å². The lowest BCUT2D eigenvalue weighted by Gasteiger charge is -2.13. The van der Waals surface area contributed by atoms with Crippen LogP contribution in [-0.4, -0.2) is 34.8 Å². The zero-order valence-electron chi connectivity index (χ0n) is 9.63. The van der Waals surface area contributed by atoms with Crippen molar-refractivity contribution in [3.05, 3.63) is 23.9 Å². The highest BCUT2D eigenvalue weighted by Gasteiger charge is 2.28. The van der Waals surface area contributed by atoms with Gasteiger partial charge >= 0.3 is 0 Å². The number of pyridine rings is 1. The van der Waals surface area contributed by atoms with Gasteiger partial charge in [0.2, 0.25) is 17.7 Å². The number of imide groups is 1. The molecular weight excluding hydrogens is 234 g/mol. The number of rotatable bonds is 4. The number of aromatic nitrogens is 1. The van der Waals surface area contributed by atoms with E-state index in [4.69, 9.17) is 10.00 Å². The SMILES string of the molecule is N#Cc1ccc(OCCN2C(=O)CCC2=O)nc1. The summed E-state index contributed by atoms with van der Waals surface area (Å²) in [7, 11) is 0. The molecule has 0 bridgehead atoms. The zero-order valence-corrected chi connectivity index (χ0v) is 9.63. The van der Waals surface area contributed by atoms with Gasteiger partial charge in [-0.15, -0.1) is 0 Å². The lowest BCUT2D eigenvalue weighted by molar-refractivity contribution is -0.138. The summed E-state index contributed by atoms with van der Waals surface area (Å²) in [6.45, 7) is 0.440. The molecule has 0 aromatic carbocycles. The highest BCUT2D eigenvalue weighted by Crippen LogP contribution is 2.12. The molecular formula is C12H11N3O3. The van der Waals surface area contributed by atoms with Crippen molar-refractivity contribution in [2.75, 3.05) is 13.2 Å². The third-order valence-corrected chi connectivity index (χ3v) is 2.59. The molecule has 6 heteroatoms. The fourth-order valence-electron chi connectivity index (χ4n) is 1.65. The third kappa shape index (κ3) is 2.63. The maximum absolute atomic E-state index is 11.3. The fourth-order valence-corrected chi connectivity index (χ4v) is 1.65. The predicted molar refractivity (Wildman–Crippen MR) is 60.4 cm³/mol. The van der Waals surface area contributed by atoms with Gasteiger partial charge in [-0.3, -0.25) is 14.5 Å². The molecule has 1 fully saturated rings. The Hall–Kier alpha value is -2.42. The van der Waals surface area contributed by atoms with E-state index in [1.165, 1.54) is 11.1 Å². The van der Waals surface area contributed by atoms with Crippen LogP contribution in [-0.2, 0) is 9.59 Å². The van der Waals surface area contributed by atoms with Crippen LogP contribution in [0.15, 0.2) is 18.3 Å². The molecule has 1 aliphatic heterocycles. The topological polar surface area (TPSA) is 83.3 Å². The lowest BCUT2D eigenvalue weighted by Crippen LogP contribution is -2.33. The Morgan fingerprint density at radius 1 is 1.33 bits per heavy atom. The molecule has 92 valence electrons. The van der Waals surface area contributed by atoms with Crippen LogP contribution < -0.4 is 4.74 Å². The van der Waals surface area contributed by atoms with Crippen molar-refractivity contribution in [2.45, 2.75) is 12.8 Å². The van der Waals surface area contributed by atoms with Crippen LogP contribution in [0, 0.1) is 11.3 Å². The van der Waals surface area contributed by atoms with Crippen molar-refractivity contribution >= 4 is 11.8 Å². The molecule has 1 aromatic rings. The minimum atomic E-state index is -0.156. The fraction of sp³-hybridized carbons (Fsp3) is 0.333. The van der Waals surface area contributed by atoms with Gasteiger partial charge in [-0.05, 0) is 6.07 Å². The first-order valence-electron chi connectivity index (χ1n) is 5.53. The zero-order chi connectivity index (χ0) is 13.0. The monoisotopic (exact) mass is 245 g/mol. The van der Waals surface area contributed by atoms with E-state index in [0.29, 0.717) is 11.4 Å². The van der Waals surface area contributed by atoms with Crippen molar-refractivity contribution in [1.82, 2.24) is 9.88 Å². The van der Waals surface area contributed by atoms with Crippen molar-refractivity contribution in [3.8, 4) is 11.9 Å². The highest BCUT2D eigenvalue weighted by molar-refractivity contribution is 6.01. The van der Waals surface area contributed by atoms with Crippen LogP contribution in [0.5, 0.6) is 5.88 Å². The molecule has 6 nitrogen and oxygen atoms in total. The normalized spacial score (nSPS) is 14.7. The van der Waals surface area contributed by atoms with Gasteiger partial charge in [0.1, 0.15) is 12.7 Å². The second kappa shape index (κ2) is 5.27. The Bertz CT molecular complexity index is 488. The summed E-state index contributed by atoms with van der Waals surface area (Å²) in [4.78, 5) is 27.7. The quantitative estimate of drug-likeness (QED) is 0.720. The maximum atomic E-state index is 11.3. The van der Waals surface area contributed by atoms with Gasteiger partial charge in [0.15, 0.2) is 0 Å². The van der Waals surface area contributed by atoms with E-state index < -0.39 is 0 Å². The second-order valence-electron chi connectivity index (χ2n) is 3.78. The largest absolute Gasteiger partial charge is 0.476 e. The minimum Gasteiger partial charge on any atom is -0.476 e. The average Bonchev–Trinajstić information content (AvgIpc) is 2.71. The molecule has 1 saturated heterocycles. The number of likely N-dealkylation sites (tertiary alicyclic amines) is 1. The first-order valence-corrected chi connectivity index (χ1v) is 5.53. The standard InChI is InChI=1S/C12H11N3O3/c13-7-9-1-2-10(14-8-9)18-6-5-15-11(16)3-4-12(15)17/h1-2,8H,3-6H2. The number of ether oxygens (including phenoxy) is 1. The average molecular weight is 245 g/mol. The van der Waals surface area contributed by atoms with Crippen LogP contribution in [0.25, 0.3) is 0 Å². The summed E-state index contributed by atoms with van der Waals surface area (Å²) in [6.07, 6.45) is 1.98. The number of amides is 2. The highest BCUT2D eigenvalue weighted by atomic mass is 16.5. The third-order valence-electron chi connectivity index (χ3n) is 2.59. The van der Waals surface area contributed by atoms with Gasteiger partial charge in [-0.2, -0.15) is 5.26 Å². The summed E-state index contributed by atoms with van der Waals surface area (Å²) in [5.41, 5.74) is 0.451. The van der Waals surface area contributed by atoms with Gasteiger partial charge in [0, 0.05) is 25.1 Å². The van der Waals surface area contributed by atoms with Crippen LogP contribution in [0.1, 0.15) is 18.4 Å². The molecule has 2 amide bonds. The number of hydrogen-bond donors (Lipinski definition) is 0. The number of carbonyl (C=O) groups is 2. The second-order valence-corrected chi connectivity index (χ2v) is 3.78. The number of nitriles is 1. The summed E-state index contributed by atoms with van der Waals surface area (Å²) >= 11 is 0. The predicted octanol–water partition coefficient (Wildman–Crippen LogP) is 0.481. The van der Waals surface area contributed by atoms with E-state index in [-0.39, 0.29) is 37.8 Å². The number of hydrogen-bond acceptors (Lipinski definition) is 5. The Morgan fingerprint density at radius 2 is 2.06 bits per heavy atom. The molecule has 0 aliphatic carbocycles. The van der Waals surface area contributed by atoms with E-state index in [9.17, 15) is 9.59 Å². The Balaban J connectivity index is 1.83. The first-order chi connectivity index (χ1) is 8.70. The lowest BCUT2D eigenvalue weighted by atomic mass is 10.3. The van der Waals surface area contributed by atoms with Gasteiger partial charge < -0.3 is 4.74 Å². The molecule has 0 atom stereocenters. The van der Waals surface area contributed by atoms with Crippen LogP contribution in [0.3, 0.4) is 0 Å². The van der Waals surface area contributed by atoms with Gasteiger partial charge in [-0.1, -0.05) is 0 Å². The molecule has 0 saturated carbocycles. The van der Waals surface area contributed by atoms with E-state index in [2.05, 4.69) is 4.98 Å². The van der Waals surface area contributed by atoms with Gasteiger partial charge in [0.05, 0.1) is 12.1 Å². The Kier molecular flexibility index (Phi) is 3.53. The number of nitrogens with zero attached hydrogens (tertiary/aromatic N) is 3. The summed E-state index contributed by atoms with van der Waals surface area (Å²) in [5.74, 6) is 0.0564. The molecule has 1 aliphatic rings. The Labute approximate surface area is 104 Å². The molecule has 0 N–H and O–H groups in total. The molecule has 0 spiro atoms. The van der Waals surface area contributed by atoms with Crippen molar-refractivity contribution < 1.29 is 14.3 Å². The van der Waals surface area contributed by atoms with Crippen molar-refractivity contribution in [1.29, 1.82) is 5.26 Å². The van der Waals surface area contributed by atoms with E-state index in [1.807, 2.05) is 6.07 Å². The molecule has 0 radical (unpaired) electrons. The first kappa shape index (κ1) is 12.0. The van der Waals surface area contributed by atoms with Crippen LogP contribution in [0.4, 0.5) is 0 Å². The molecule has 1 aromatic heterocycles. The van der Waals surface area contributed by atoms with Gasteiger partial charge in [0.25, 0.3) is 0 Å². The molecule has 18 heavy (non-hydrogen) atoms. The van der Waals surface area contributed by atoms with Gasteiger partial charge in [-0.25, -0.2) is 4.98 Å². The maximum Gasteiger partial charge on any atom is 0.229 e. The minimum absolute atomic E-state index is 0.156. The molecule has 0 unspecified atom stereocenters. The Morgan fingerprint density at radius 3 is 2.61 bits per heavy atom. The summed E-state index contributed by atoms with van der Waals surface area (Å²) in [6, 6.07) is 5.12. The van der Waals surface area contributed by atoms with E-state index >= 15 is 0 Å². The molecule has 2 rings (SSSR count). The smallest absolute Gasteiger partial charge is 0.229 e. The summed E-state index contributed by atoms with van der Waals surface area (Å²) < 4.78 is 5.30. The number of carbonyl (C=O) groups excluding carboxylic acids is 2. The summed E-state index contributed by atoms with van der Waals surface area (Å²) in [5, 5.41) is 8.59. The van der Waals surface area contributed by atoms with E-state index in [0.717, 1.165) is 0 Å². The van der Waals surface area contributed by atoms with Crippen molar-refractivity contribution in [2.24, 2.45) is 0 Å². The van der Waals surface area contributed by atoms with E-state index in [1.54, 1.807) is 12.1 Å².